The van der Waals surface area contributed by atoms with Crippen LogP contribution in [0.2, 0.25) is 5.22 Å². The molecule has 0 aliphatic heterocycles. The summed E-state index contributed by atoms with van der Waals surface area (Å²) in [5.41, 5.74) is 0.103. The molecule has 0 saturated carbocycles. The van der Waals surface area contributed by atoms with E-state index in [9.17, 15) is 10.1 Å². The SMILES string of the molecule is CC/C(=C/c1ccc(Cl)o1)[N+](=O)[O-]. The Balaban J connectivity index is 2.91. The average molecular weight is 202 g/mol. The highest BCUT2D eigenvalue weighted by molar-refractivity contribution is 6.28. The molecule has 0 atom stereocenters. The number of halogens is 1. The van der Waals surface area contributed by atoms with E-state index in [2.05, 4.69) is 0 Å². The molecule has 1 rings (SSSR count). The van der Waals surface area contributed by atoms with Gasteiger partial charge in [-0.15, -0.1) is 0 Å². The van der Waals surface area contributed by atoms with Gasteiger partial charge in [0.25, 0.3) is 0 Å². The minimum atomic E-state index is -0.434. The van der Waals surface area contributed by atoms with Gasteiger partial charge in [0.1, 0.15) is 5.76 Å². The van der Waals surface area contributed by atoms with E-state index >= 15 is 0 Å². The summed E-state index contributed by atoms with van der Waals surface area (Å²) in [7, 11) is 0. The molecule has 0 aromatic carbocycles. The van der Waals surface area contributed by atoms with Crippen LogP contribution in [-0.4, -0.2) is 4.92 Å². The quantitative estimate of drug-likeness (QED) is 0.558. The molecule has 0 radical (unpaired) electrons. The first-order chi connectivity index (χ1) is 6.13. The van der Waals surface area contributed by atoms with Gasteiger partial charge in [-0.05, 0) is 23.7 Å². The van der Waals surface area contributed by atoms with Gasteiger partial charge in [0.2, 0.25) is 5.70 Å². The molecule has 0 fully saturated rings. The Morgan fingerprint density at radius 1 is 1.77 bits per heavy atom. The van der Waals surface area contributed by atoms with Crippen molar-refractivity contribution in [2.24, 2.45) is 0 Å². The van der Waals surface area contributed by atoms with Gasteiger partial charge < -0.3 is 4.42 Å². The lowest BCUT2D eigenvalue weighted by molar-refractivity contribution is -0.425. The maximum Gasteiger partial charge on any atom is 0.249 e. The smallest absolute Gasteiger partial charge is 0.249 e. The van der Waals surface area contributed by atoms with Crippen LogP contribution in [-0.2, 0) is 0 Å². The molecule has 1 heterocycles. The standard InChI is InChI=1S/C8H8ClNO3/c1-2-6(10(11)12)5-7-3-4-8(9)13-7/h3-5H,2H2,1H3/b6-5-. The van der Waals surface area contributed by atoms with Crippen LogP contribution in [0, 0.1) is 10.1 Å². The van der Waals surface area contributed by atoms with Crippen molar-refractivity contribution in [2.75, 3.05) is 0 Å². The van der Waals surface area contributed by atoms with E-state index in [1.165, 1.54) is 6.08 Å². The molecule has 0 N–H and O–H groups in total. The van der Waals surface area contributed by atoms with Crippen LogP contribution in [0.25, 0.3) is 6.08 Å². The van der Waals surface area contributed by atoms with E-state index in [0.29, 0.717) is 12.2 Å². The maximum absolute atomic E-state index is 10.4. The Morgan fingerprint density at radius 3 is 2.85 bits per heavy atom. The molecule has 0 aliphatic rings. The monoisotopic (exact) mass is 201 g/mol. The van der Waals surface area contributed by atoms with Crippen LogP contribution < -0.4 is 0 Å². The molecule has 70 valence electrons. The first-order valence-electron chi connectivity index (χ1n) is 3.73. The summed E-state index contributed by atoms with van der Waals surface area (Å²) < 4.78 is 4.95. The Hall–Kier alpha value is -1.29. The number of hydrogen-bond donors (Lipinski definition) is 0. The van der Waals surface area contributed by atoms with E-state index in [1.54, 1.807) is 19.1 Å². The molecular weight excluding hydrogens is 194 g/mol. The molecule has 0 aliphatic carbocycles. The largest absolute Gasteiger partial charge is 0.445 e. The zero-order chi connectivity index (χ0) is 9.84. The van der Waals surface area contributed by atoms with Crippen molar-refractivity contribution in [1.82, 2.24) is 0 Å². The van der Waals surface area contributed by atoms with Gasteiger partial charge in [0.15, 0.2) is 5.22 Å². The second-order valence-corrected chi connectivity index (χ2v) is 2.76. The number of rotatable bonds is 3. The van der Waals surface area contributed by atoms with Crippen LogP contribution >= 0.6 is 11.6 Å². The highest BCUT2D eigenvalue weighted by Gasteiger charge is 2.08. The van der Waals surface area contributed by atoms with Crippen LogP contribution in [0.3, 0.4) is 0 Å². The number of allylic oxidation sites excluding steroid dienone is 1. The molecule has 0 unspecified atom stereocenters. The molecule has 0 spiro atoms. The zero-order valence-corrected chi connectivity index (χ0v) is 7.75. The van der Waals surface area contributed by atoms with Crippen molar-refractivity contribution >= 4 is 17.7 Å². The Morgan fingerprint density at radius 2 is 2.46 bits per heavy atom. The van der Waals surface area contributed by atoms with Crippen molar-refractivity contribution in [3.63, 3.8) is 0 Å². The van der Waals surface area contributed by atoms with Crippen molar-refractivity contribution < 1.29 is 9.34 Å². The van der Waals surface area contributed by atoms with Gasteiger partial charge in [-0.25, -0.2) is 0 Å². The molecule has 13 heavy (non-hydrogen) atoms. The van der Waals surface area contributed by atoms with Gasteiger partial charge >= 0.3 is 0 Å². The third-order valence-corrected chi connectivity index (χ3v) is 1.70. The zero-order valence-electron chi connectivity index (χ0n) is 6.99. The fourth-order valence-electron chi connectivity index (χ4n) is 0.854. The van der Waals surface area contributed by atoms with Gasteiger partial charge in [-0.1, -0.05) is 6.92 Å². The molecule has 5 heteroatoms. The lowest BCUT2D eigenvalue weighted by Crippen LogP contribution is -1.95. The van der Waals surface area contributed by atoms with E-state index in [0.717, 1.165) is 0 Å². The van der Waals surface area contributed by atoms with E-state index in [4.69, 9.17) is 16.0 Å². The number of nitro groups is 1. The fourth-order valence-corrected chi connectivity index (χ4v) is 1.01. The minimum Gasteiger partial charge on any atom is -0.445 e. The fraction of sp³-hybridized carbons (Fsp3) is 0.250. The first-order valence-corrected chi connectivity index (χ1v) is 4.11. The van der Waals surface area contributed by atoms with Crippen LogP contribution in [0.4, 0.5) is 0 Å². The summed E-state index contributed by atoms with van der Waals surface area (Å²) in [6.45, 7) is 1.71. The van der Waals surface area contributed by atoms with Crippen molar-refractivity contribution in [2.45, 2.75) is 13.3 Å². The Labute approximate surface area is 80.0 Å². The summed E-state index contributed by atoms with van der Waals surface area (Å²) in [5.74, 6) is 0.401. The predicted molar refractivity (Wildman–Crippen MR) is 49.0 cm³/mol. The summed E-state index contributed by atoms with van der Waals surface area (Å²) in [6.07, 6.45) is 1.72. The highest BCUT2D eigenvalue weighted by Crippen LogP contribution is 2.17. The molecule has 1 aromatic rings. The number of nitrogens with zero attached hydrogens (tertiary/aromatic N) is 1. The van der Waals surface area contributed by atoms with Crippen LogP contribution in [0.15, 0.2) is 22.2 Å². The Kier molecular flexibility index (Phi) is 3.08. The maximum atomic E-state index is 10.4. The molecule has 1 aromatic heterocycles. The van der Waals surface area contributed by atoms with Crippen molar-refractivity contribution in [1.29, 1.82) is 0 Å². The third-order valence-electron chi connectivity index (χ3n) is 1.50. The second-order valence-electron chi connectivity index (χ2n) is 2.39. The van der Waals surface area contributed by atoms with E-state index in [1.807, 2.05) is 0 Å². The van der Waals surface area contributed by atoms with E-state index < -0.39 is 4.92 Å². The topological polar surface area (TPSA) is 56.3 Å². The Bertz CT molecular complexity index is 343. The summed E-state index contributed by atoms with van der Waals surface area (Å²) in [5, 5.41) is 10.6. The van der Waals surface area contributed by atoms with Crippen LogP contribution in [0.5, 0.6) is 0 Å². The highest BCUT2D eigenvalue weighted by atomic mass is 35.5. The average Bonchev–Trinajstić information content (AvgIpc) is 2.46. The summed E-state index contributed by atoms with van der Waals surface area (Å²) in [6, 6.07) is 3.13. The third kappa shape index (κ3) is 2.59. The molecule has 0 amide bonds. The molecule has 4 nitrogen and oxygen atoms in total. The lowest BCUT2D eigenvalue weighted by atomic mass is 10.3. The minimum absolute atomic E-state index is 0.103. The van der Waals surface area contributed by atoms with Gasteiger partial charge in [0.05, 0.1) is 11.0 Å². The molecule has 0 saturated heterocycles. The number of furan rings is 1. The molecule has 0 bridgehead atoms. The van der Waals surface area contributed by atoms with Crippen molar-refractivity contribution in [3.8, 4) is 0 Å². The van der Waals surface area contributed by atoms with Gasteiger partial charge in [0, 0.05) is 6.42 Å². The van der Waals surface area contributed by atoms with Crippen molar-refractivity contribution in [3.05, 3.63) is 38.9 Å². The van der Waals surface area contributed by atoms with E-state index in [-0.39, 0.29) is 10.9 Å². The number of hydrogen-bond acceptors (Lipinski definition) is 3. The normalized spacial score (nSPS) is 11.7. The summed E-state index contributed by atoms with van der Waals surface area (Å²) >= 11 is 5.50. The molecular formula is C8H8ClNO3. The summed E-state index contributed by atoms with van der Waals surface area (Å²) in [4.78, 5) is 9.97. The van der Waals surface area contributed by atoms with Gasteiger partial charge in [-0.3, -0.25) is 10.1 Å². The first kappa shape index (κ1) is 9.80. The lowest BCUT2D eigenvalue weighted by Gasteiger charge is -1.91. The second kappa shape index (κ2) is 4.09. The van der Waals surface area contributed by atoms with Crippen LogP contribution in [0.1, 0.15) is 19.1 Å². The van der Waals surface area contributed by atoms with Gasteiger partial charge in [-0.2, -0.15) is 0 Å². The predicted octanol–water partition coefficient (Wildman–Crippen LogP) is 2.96.